The Morgan fingerprint density at radius 1 is 1.40 bits per heavy atom. The lowest BCUT2D eigenvalue weighted by atomic mass is 9.65. The number of ether oxygens (including phenoxy) is 1. The summed E-state index contributed by atoms with van der Waals surface area (Å²) >= 11 is 0. The summed E-state index contributed by atoms with van der Waals surface area (Å²) in [5.41, 5.74) is 0.641. The van der Waals surface area contributed by atoms with E-state index in [9.17, 15) is 4.79 Å². The number of rotatable bonds is 1. The lowest BCUT2D eigenvalue weighted by molar-refractivity contribution is -0.147. The summed E-state index contributed by atoms with van der Waals surface area (Å²) in [6.07, 6.45) is 11.0. The third kappa shape index (κ3) is 0.960. The Bertz CT molecular complexity index is 403. The molecule has 0 atom stereocenters. The second-order valence-electron chi connectivity index (χ2n) is 4.35. The first kappa shape index (κ1) is 8.92. The van der Waals surface area contributed by atoms with Crippen LogP contribution >= 0.6 is 0 Å². The molecule has 0 radical (unpaired) electrons. The van der Waals surface area contributed by atoms with Gasteiger partial charge in [-0.1, -0.05) is 30.4 Å². The van der Waals surface area contributed by atoms with Crippen LogP contribution in [-0.4, -0.2) is 25.2 Å². The van der Waals surface area contributed by atoms with E-state index >= 15 is 0 Å². The number of methoxy groups -OCH3 is 1. The van der Waals surface area contributed by atoms with Crippen molar-refractivity contribution in [3.63, 3.8) is 0 Å². The van der Waals surface area contributed by atoms with Gasteiger partial charge in [-0.15, -0.1) is 0 Å². The van der Waals surface area contributed by atoms with Gasteiger partial charge in [0.05, 0.1) is 12.6 Å². The van der Waals surface area contributed by atoms with Gasteiger partial charge in [0, 0.05) is 6.54 Å². The van der Waals surface area contributed by atoms with Crippen LogP contribution in [0.4, 0.5) is 0 Å². The maximum Gasteiger partial charge on any atom is 0.319 e. The highest BCUT2D eigenvalue weighted by Crippen LogP contribution is 2.47. The van der Waals surface area contributed by atoms with E-state index in [2.05, 4.69) is 23.5 Å². The SMILES string of the molecule is COC(=O)C12C=CC3(C=C1)NCC=C3C2. The third-order valence-electron chi connectivity index (χ3n) is 3.61. The maximum absolute atomic E-state index is 11.8. The fourth-order valence-corrected chi connectivity index (χ4v) is 2.68. The molecule has 2 bridgehead atoms. The van der Waals surface area contributed by atoms with Gasteiger partial charge in [0.1, 0.15) is 5.41 Å². The summed E-state index contributed by atoms with van der Waals surface area (Å²) in [6.45, 7) is 0.876. The second-order valence-corrected chi connectivity index (χ2v) is 4.35. The zero-order valence-electron chi connectivity index (χ0n) is 8.62. The number of hydrogen-bond donors (Lipinski definition) is 1. The molecule has 0 amide bonds. The van der Waals surface area contributed by atoms with Crippen LogP contribution in [0.3, 0.4) is 0 Å². The molecule has 1 N–H and O–H groups in total. The van der Waals surface area contributed by atoms with Gasteiger partial charge in [-0.3, -0.25) is 10.1 Å². The molecule has 3 heteroatoms. The predicted molar refractivity (Wildman–Crippen MR) is 56.2 cm³/mol. The van der Waals surface area contributed by atoms with E-state index in [0.29, 0.717) is 0 Å². The monoisotopic (exact) mass is 203 g/mol. The van der Waals surface area contributed by atoms with Crippen LogP contribution in [0.1, 0.15) is 6.42 Å². The van der Waals surface area contributed by atoms with E-state index in [1.54, 1.807) is 0 Å². The zero-order chi connectivity index (χ0) is 10.5. The maximum atomic E-state index is 11.8. The second kappa shape index (κ2) is 2.61. The summed E-state index contributed by atoms with van der Waals surface area (Å²) in [5.74, 6) is -0.170. The summed E-state index contributed by atoms with van der Waals surface area (Å²) in [5, 5.41) is 3.42. The van der Waals surface area contributed by atoms with Crippen molar-refractivity contribution in [2.75, 3.05) is 13.7 Å². The molecule has 0 saturated heterocycles. The number of carbonyl (C=O) groups excluding carboxylic acids is 1. The van der Waals surface area contributed by atoms with Crippen molar-refractivity contribution in [3.8, 4) is 0 Å². The fourth-order valence-electron chi connectivity index (χ4n) is 2.68. The predicted octanol–water partition coefficient (Wildman–Crippen LogP) is 0.944. The quantitative estimate of drug-likeness (QED) is 0.509. The van der Waals surface area contributed by atoms with E-state index in [4.69, 9.17) is 4.74 Å². The average Bonchev–Trinajstić information content (AvgIpc) is 2.71. The normalized spacial score (nSPS) is 40.2. The molecule has 1 spiro atoms. The third-order valence-corrected chi connectivity index (χ3v) is 3.61. The molecular formula is C12H13NO2. The van der Waals surface area contributed by atoms with Gasteiger partial charge in [-0.2, -0.15) is 0 Å². The molecule has 78 valence electrons. The lowest BCUT2D eigenvalue weighted by Crippen LogP contribution is -2.48. The molecule has 4 aliphatic rings. The van der Waals surface area contributed by atoms with Gasteiger partial charge in [0.15, 0.2) is 0 Å². The Kier molecular flexibility index (Phi) is 1.55. The van der Waals surface area contributed by atoms with Crippen molar-refractivity contribution in [2.45, 2.75) is 12.0 Å². The highest BCUT2D eigenvalue weighted by molar-refractivity contribution is 5.84. The number of esters is 1. The highest BCUT2D eigenvalue weighted by Gasteiger charge is 2.49. The van der Waals surface area contributed by atoms with Gasteiger partial charge in [-0.05, 0) is 12.0 Å². The first-order chi connectivity index (χ1) is 7.21. The molecule has 0 aromatic carbocycles. The standard InChI is InChI=1S/C12H13NO2/c1-15-10(14)11-3-5-12(6-4-11)9(8-11)2-7-13-12/h2-6,13H,7-8H2,1H3. The largest absolute Gasteiger partial charge is 0.468 e. The van der Waals surface area contributed by atoms with E-state index in [1.807, 2.05) is 12.2 Å². The molecule has 1 aliphatic heterocycles. The van der Waals surface area contributed by atoms with Gasteiger partial charge < -0.3 is 4.74 Å². The summed E-state index contributed by atoms with van der Waals surface area (Å²) in [6, 6.07) is 0. The number of carbonyl (C=O) groups is 1. The van der Waals surface area contributed by atoms with Crippen LogP contribution < -0.4 is 5.32 Å². The highest BCUT2D eigenvalue weighted by atomic mass is 16.5. The minimum Gasteiger partial charge on any atom is -0.468 e. The molecule has 0 saturated carbocycles. The first-order valence-corrected chi connectivity index (χ1v) is 5.15. The molecule has 0 unspecified atom stereocenters. The van der Waals surface area contributed by atoms with Crippen LogP contribution in [-0.2, 0) is 9.53 Å². The fraction of sp³-hybridized carbons (Fsp3) is 0.417. The Balaban J connectivity index is 2.09. The molecule has 3 nitrogen and oxygen atoms in total. The van der Waals surface area contributed by atoms with Crippen molar-refractivity contribution in [1.82, 2.24) is 5.32 Å². The minimum absolute atomic E-state index is 0.101. The molecule has 4 rings (SSSR count). The lowest BCUT2D eigenvalue weighted by Gasteiger charge is -2.42. The molecule has 0 fully saturated rings. The summed E-state index contributed by atoms with van der Waals surface area (Å²) in [4.78, 5) is 11.8. The van der Waals surface area contributed by atoms with Gasteiger partial charge in [-0.25, -0.2) is 0 Å². The molecule has 15 heavy (non-hydrogen) atoms. The van der Waals surface area contributed by atoms with Crippen LogP contribution in [0.2, 0.25) is 0 Å². The topological polar surface area (TPSA) is 38.3 Å². The Morgan fingerprint density at radius 2 is 2.13 bits per heavy atom. The molecular weight excluding hydrogens is 190 g/mol. The van der Waals surface area contributed by atoms with Crippen molar-refractivity contribution >= 4 is 5.97 Å². The molecule has 0 aromatic heterocycles. The van der Waals surface area contributed by atoms with E-state index in [1.165, 1.54) is 12.7 Å². The molecule has 1 heterocycles. The van der Waals surface area contributed by atoms with E-state index in [-0.39, 0.29) is 11.5 Å². The van der Waals surface area contributed by atoms with Crippen LogP contribution in [0, 0.1) is 5.41 Å². The molecule has 3 aliphatic carbocycles. The molecule has 0 aromatic rings. The zero-order valence-corrected chi connectivity index (χ0v) is 8.62. The summed E-state index contributed by atoms with van der Waals surface area (Å²) < 4.78 is 4.87. The van der Waals surface area contributed by atoms with Crippen LogP contribution in [0.15, 0.2) is 36.0 Å². The van der Waals surface area contributed by atoms with Crippen molar-refractivity contribution in [2.24, 2.45) is 5.41 Å². The number of hydrogen-bond acceptors (Lipinski definition) is 3. The van der Waals surface area contributed by atoms with E-state index in [0.717, 1.165) is 13.0 Å². The summed E-state index contributed by atoms with van der Waals surface area (Å²) in [7, 11) is 1.44. The van der Waals surface area contributed by atoms with Crippen molar-refractivity contribution in [3.05, 3.63) is 36.0 Å². The minimum atomic E-state index is -0.547. The van der Waals surface area contributed by atoms with Gasteiger partial charge in [0.2, 0.25) is 0 Å². The van der Waals surface area contributed by atoms with E-state index < -0.39 is 5.41 Å². The Labute approximate surface area is 88.5 Å². The van der Waals surface area contributed by atoms with Crippen LogP contribution in [0.25, 0.3) is 0 Å². The van der Waals surface area contributed by atoms with Gasteiger partial charge >= 0.3 is 5.97 Å². The smallest absolute Gasteiger partial charge is 0.319 e. The van der Waals surface area contributed by atoms with Gasteiger partial charge in [0.25, 0.3) is 0 Å². The average molecular weight is 203 g/mol. The van der Waals surface area contributed by atoms with Crippen molar-refractivity contribution in [1.29, 1.82) is 0 Å². The Morgan fingerprint density at radius 3 is 2.80 bits per heavy atom. The number of nitrogens with one attached hydrogen (secondary N) is 1. The Hall–Kier alpha value is -1.35. The van der Waals surface area contributed by atoms with Crippen molar-refractivity contribution < 1.29 is 9.53 Å². The van der Waals surface area contributed by atoms with Crippen LogP contribution in [0.5, 0.6) is 0 Å². The first-order valence-electron chi connectivity index (χ1n) is 5.15.